The lowest BCUT2D eigenvalue weighted by atomic mass is 9.87. The van der Waals surface area contributed by atoms with Gasteiger partial charge in [-0.3, -0.25) is 4.79 Å². The smallest absolute Gasteiger partial charge is 0.226 e. The molecule has 1 aliphatic rings. The molecule has 2 aromatic carbocycles. The van der Waals surface area contributed by atoms with Gasteiger partial charge in [0.1, 0.15) is 5.75 Å². The Balaban J connectivity index is 0.00000300. The molecule has 2 unspecified atom stereocenters. The monoisotopic (exact) mass is 416 g/mol. The Morgan fingerprint density at radius 1 is 1.03 bits per heavy atom. The van der Waals surface area contributed by atoms with Gasteiger partial charge in [-0.2, -0.15) is 0 Å². The number of halogens is 1. The molecule has 0 bridgehead atoms. The highest BCUT2D eigenvalue weighted by Gasteiger charge is 2.32. The molecule has 2 atom stereocenters. The predicted octanol–water partition coefficient (Wildman–Crippen LogP) is 4.94. The Bertz CT molecular complexity index is 803. The minimum Gasteiger partial charge on any atom is -0.491 e. The van der Waals surface area contributed by atoms with E-state index in [-0.39, 0.29) is 36.4 Å². The van der Waals surface area contributed by atoms with Gasteiger partial charge in [-0.1, -0.05) is 37.3 Å². The normalized spacial score (nSPS) is 15.8. The van der Waals surface area contributed by atoms with E-state index in [2.05, 4.69) is 48.6 Å². The molecule has 1 fully saturated rings. The van der Waals surface area contributed by atoms with Gasteiger partial charge in [0.25, 0.3) is 0 Å². The molecule has 2 aromatic rings. The molecular weight excluding hydrogens is 384 g/mol. The first-order valence-electron chi connectivity index (χ1n) is 10.2. The van der Waals surface area contributed by atoms with Crippen molar-refractivity contribution in [2.75, 3.05) is 20.1 Å². The molecule has 0 aliphatic carbocycles. The third-order valence-corrected chi connectivity index (χ3v) is 5.77. The van der Waals surface area contributed by atoms with Gasteiger partial charge in [-0.15, -0.1) is 12.4 Å². The van der Waals surface area contributed by atoms with E-state index >= 15 is 0 Å². The molecule has 1 saturated heterocycles. The topological polar surface area (TPSA) is 41.6 Å². The van der Waals surface area contributed by atoms with Crippen molar-refractivity contribution in [2.45, 2.75) is 39.8 Å². The van der Waals surface area contributed by atoms with Crippen molar-refractivity contribution >= 4 is 18.3 Å². The number of nitrogens with one attached hydrogen (secondary N) is 1. The number of ether oxygens (including phenoxy) is 1. The molecule has 4 nitrogen and oxygen atoms in total. The number of nitrogens with zero attached hydrogens (tertiary/aromatic N) is 1. The van der Waals surface area contributed by atoms with Crippen LogP contribution in [0.2, 0.25) is 0 Å². The quantitative estimate of drug-likeness (QED) is 0.695. The number of carbonyl (C=O) groups excluding carboxylic acids is 1. The third-order valence-electron chi connectivity index (χ3n) is 5.77. The fourth-order valence-corrected chi connectivity index (χ4v) is 3.58. The summed E-state index contributed by atoms with van der Waals surface area (Å²) in [5.41, 5.74) is 3.44. The molecule has 5 heteroatoms. The Hall–Kier alpha value is -2.04. The van der Waals surface area contributed by atoms with Crippen LogP contribution in [0.25, 0.3) is 11.1 Å². The minimum absolute atomic E-state index is 0. The first kappa shape index (κ1) is 23.2. The zero-order chi connectivity index (χ0) is 20.3. The molecule has 1 aliphatic heterocycles. The second-order valence-corrected chi connectivity index (χ2v) is 8.15. The summed E-state index contributed by atoms with van der Waals surface area (Å²) in [6.07, 6.45) is 0.168. The molecule has 0 saturated carbocycles. The SMILES string of the molecule is CC(C)Oc1ccc(-c2cccc(C(C)N(C)C(=O)C(C)C3CNC3)c2)cc1.Cl. The summed E-state index contributed by atoms with van der Waals surface area (Å²) in [4.78, 5) is 14.7. The number of hydrogen-bond acceptors (Lipinski definition) is 3. The summed E-state index contributed by atoms with van der Waals surface area (Å²) in [6.45, 7) is 10.1. The molecular formula is C24H33ClN2O2. The van der Waals surface area contributed by atoms with E-state index < -0.39 is 0 Å². The van der Waals surface area contributed by atoms with Crippen molar-refractivity contribution in [3.63, 3.8) is 0 Å². The molecule has 29 heavy (non-hydrogen) atoms. The van der Waals surface area contributed by atoms with E-state index in [4.69, 9.17) is 4.74 Å². The van der Waals surface area contributed by atoms with Gasteiger partial charge >= 0.3 is 0 Å². The second kappa shape index (κ2) is 10.1. The largest absolute Gasteiger partial charge is 0.491 e. The summed E-state index contributed by atoms with van der Waals surface area (Å²) in [5, 5.41) is 3.26. The van der Waals surface area contributed by atoms with Crippen LogP contribution in [0.15, 0.2) is 48.5 Å². The maximum absolute atomic E-state index is 12.9. The van der Waals surface area contributed by atoms with E-state index in [1.165, 1.54) is 0 Å². The van der Waals surface area contributed by atoms with Crippen LogP contribution in [0.5, 0.6) is 5.75 Å². The van der Waals surface area contributed by atoms with Crippen LogP contribution in [0, 0.1) is 11.8 Å². The van der Waals surface area contributed by atoms with Crippen LogP contribution in [-0.4, -0.2) is 37.0 Å². The average molecular weight is 417 g/mol. The minimum atomic E-state index is 0. The third kappa shape index (κ3) is 5.52. The van der Waals surface area contributed by atoms with Gasteiger partial charge in [-0.05, 0) is 74.7 Å². The first-order valence-corrected chi connectivity index (χ1v) is 10.2. The van der Waals surface area contributed by atoms with E-state index in [0.29, 0.717) is 5.92 Å². The van der Waals surface area contributed by atoms with E-state index in [1.54, 1.807) is 0 Å². The molecule has 0 radical (unpaired) electrons. The maximum atomic E-state index is 12.9. The average Bonchev–Trinajstić information content (AvgIpc) is 2.65. The summed E-state index contributed by atoms with van der Waals surface area (Å²) in [5.74, 6) is 1.62. The molecule has 3 rings (SSSR count). The number of rotatable bonds is 7. The molecule has 1 amide bonds. The van der Waals surface area contributed by atoms with E-state index in [0.717, 1.165) is 35.5 Å². The van der Waals surface area contributed by atoms with Crippen LogP contribution in [-0.2, 0) is 4.79 Å². The summed E-state index contributed by atoms with van der Waals surface area (Å²) in [7, 11) is 1.92. The predicted molar refractivity (Wildman–Crippen MR) is 122 cm³/mol. The highest BCUT2D eigenvalue weighted by molar-refractivity contribution is 5.85. The van der Waals surface area contributed by atoms with Crippen molar-refractivity contribution in [1.82, 2.24) is 10.2 Å². The molecule has 1 heterocycles. The van der Waals surface area contributed by atoms with Crippen LogP contribution in [0.1, 0.15) is 39.3 Å². The fraction of sp³-hybridized carbons (Fsp3) is 0.458. The van der Waals surface area contributed by atoms with Gasteiger partial charge in [0.15, 0.2) is 0 Å². The summed E-state index contributed by atoms with van der Waals surface area (Å²) < 4.78 is 5.73. The lowest BCUT2D eigenvalue weighted by molar-refractivity contribution is -0.138. The van der Waals surface area contributed by atoms with Crippen LogP contribution >= 0.6 is 12.4 Å². The Labute approximate surface area is 181 Å². The molecule has 158 valence electrons. The highest BCUT2D eigenvalue weighted by atomic mass is 35.5. The number of carbonyl (C=O) groups is 1. The fourth-order valence-electron chi connectivity index (χ4n) is 3.58. The van der Waals surface area contributed by atoms with E-state index in [1.807, 2.05) is 44.9 Å². The van der Waals surface area contributed by atoms with Crippen LogP contribution in [0.4, 0.5) is 0 Å². The van der Waals surface area contributed by atoms with Gasteiger partial charge in [0, 0.05) is 13.0 Å². The van der Waals surface area contributed by atoms with Gasteiger partial charge in [-0.25, -0.2) is 0 Å². The van der Waals surface area contributed by atoms with Gasteiger partial charge < -0.3 is 15.0 Å². The van der Waals surface area contributed by atoms with Crippen LogP contribution in [0.3, 0.4) is 0 Å². The number of benzene rings is 2. The van der Waals surface area contributed by atoms with Gasteiger partial charge in [0.2, 0.25) is 5.91 Å². The van der Waals surface area contributed by atoms with Crippen molar-refractivity contribution in [1.29, 1.82) is 0 Å². The Kier molecular flexibility index (Phi) is 8.12. The van der Waals surface area contributed by atoms with Crippen molar-refractivity contribution in [2.24, 2.45) is 11.8 Å². The zero-order valence-electron chi connectivity index (χ0n) is 18.0. The molecule has 0 spiro atoms. The van der Waals surface area contributed by atoms with Crippen molar-refractivity contribution in [3.8, 4) is 16.9 Å². The van der Waals surface area contributed by atoms with Crippen LogP contribution < -0.4 is 10.1 Å². The maximum Gasteiger partial charge on any atom is 0.226 e. The number of amides is 1. The highest BCUT2D eigenvalue weighted by Crippen LogP contribution is 2.29. The zero-order valence-corrected chi connectivity index (χ0v) is 18.8. The second-order valence-electron chi connectivity index (χ2n) is 8.15. The van der Waals surface area contributed by atoms with Crippen molar-refractivity contribution in [3.05, 3.63) is 54.1 Å². The molecule has 1 N–H and O–H groups in total. The lowest BCUT2D eigenvalue weighted by Crippen LogP contribution is -2.50. The molecule has 0 aromatic heterocycles. The number of hydrogen-bond donors (Lipinski definition) is 1. The Morgan fingerprint density at radius 2 is 1.69 bits per heavy atom. The lowest BCUT2D eigenvalue weighted by Gasteiger charge is -2.36. The Morgan fingerprint density at radius 3 is 2.24 bits per heavy atom. The van der Waals surface area contributed by atoms with E-state index in [9.17, 15) is 4.79 Å². The first-order chi connectivity index (χ1) is 13.4. The van der Waals surface area contributed by atoms with Gasteiger partial charge in [0.05, 0.1) is 12.1 Å². The van der Waals surface area contributed by atoms with Crippen molar-refractivity contribution < 1.29 is 9.53 Å². The summed E-state index contributed by atoms with van der Waals surface area (Å²) in [6, 6.07) is 16.7. The standard InChI is InChI=1S/C24H32N2O2.ClH/c1-16(2)28-23-11-9-19(10-12-23)21-8-6-7-20(13-21)18(4)26(5)24(27)17(3)22-14-25-15-22;/h6-13,16-18,22,25H,14-15H2,1-5H3;1H. The summed E-state index contributed by atoms with van der Waals surface area (Å²) >= 11 is 0.